The number of anilines is 2. The van der Waals surface area contributed by atoms with E-state index in [-0.39, 0.29) is 23.2 Å². The predicted molar refractivity (Wildman–Crippen MR) is 112 cm³/mol. The van der Waals surface area contributed by atoms with E-state index in [9.17, 15) is 18.4 Å². The summed E-state index contributed by atoms with van der Waals surface area (Å²) < 4.78 is 34.6. The zero-order chi connectivity index (χ0) is 21.8. The van der Waals surface area contributed by atoms with Crippen LogP contribution in [-0.2, 0) is 4.79 Å². The van der Waals surface area contributed by atoms with Crippen LogP contribution < -0.4 is 14.5 Å². The van der Waals surface area contributed by atoms with E-state index >= 15 is 0 Å². The number of carbonyl (C=O) groups is 2. The van der Waals surface area contributed by atoms with Gasteiger partial charge in [-0.3, -0.25) is 14.6 Å². The van der Waals surface area contributed by atoms with Crippen molar-refractivity contribution in [3.63, 3.8) is 0 Å². The summed E-state index contributed by atoms with van der Waals surface area (Å²) in [5.74, 6) is -3.59. The highest BCUT2D eigenvalue weighted by Gasteiger charge is 2.34. The zero-order valence-electron chi connectivity index (χ0n) is 16.4. The molecule has 30 heavy (non-hydrogen) atoms. The molecule has 3 rings (SSSR count). The molecular formula is C19H21F2N3O4S2. The average Bonchev–Trinajstić information content (AvgIpc) is 3.41. The second-order valence-electron chi connectivity index (χ2n) is 6.71. The van der Waals surface area contributed by atoms with Gasteiger partial charge in [0.25, 0.3) is 0 Å². The average molecular weight is 458 g/mol. The molecule has 2 aromatic rings. The van der Waals surface area contributed by atoms with Crippen LogP contribution in [0.2, 0.25) is 0 Å². The Kier molecular flexibility index (Phi) is 7.14. The molecule has 1 aromatic carbocycles. The Morgan fingerprint density at radius 2 is 2.00 bits per heavy atom. The Labute approximate surface area is 180 Å². The molecule has 0 aliphatic heterocycles. The molecule has 0 radical (unpaired) electrons. The van der Waals surface area contributed by atoms with Crippen molar-refractivity contribution in [2.45, 2.75) is 35.9 Å². The number of thiazole rings is 1. The molecule has 2 amide bonds. The number of aliphatic carboxylic acids is 1. The number of hydrogen-bond acceptors (Lipinski definition) is 6. The summed E-state index contributed by atoms with van der Waals surface area (Å²) in [6.45, 7) is 0. The van der Waals surface area contributed by atoms with Gasteiger partial charge in [-0.1, -0.05) is 24.2 Å². The first-order valence-electron chi connectivity index (χ1n) is 9.22. The highest BCUT2D eigenvalue weighted by molar-refractivity contribution is 8.01. The fraction of sp³-hybridized carbons (Fsp3) is 0.421. The number of methoxy groups -OCH3 is 1. The number of urea groups is 1. The van der Waals surface area contributed by atoms with E-state index in [0.29, 0.717) is 22.2 Å². The third kappa shape index (κ3) is 4.67. The molecule has 0 atom stereocenters. The Balaban J connectivity index is 1.90. The lowest BCUT2D eigenvalue weighted by atomic mass is 10.1. The van der Waals surface area contributed by atoms with E-state index < -0.39 is 23.6 Å². The lowest BCUT2D eigenvalue weighted by Gasteiger charge is -2.32. The van der Waals surface area contributed by atoms with Gasteiger partial charge in [0.2, 0.25) is 5.82 Å². The molecule has 1 aliphatic rings. The molecule has 162 valence electrons. The summed E-state index contributed by atoms with van der Waals surface area (Å²) in [6, 6.07) is 1.85. The third-order valence-electron chi connectivity index (χ3n) is 4.79. The highest BCUT2D eigenvalue weighted by Crippen LogP contribution is 2.36. The Morgan fingerprint density at radius 1 is 1.30 bits per heavy atom. The molecule has 1 saturated carbocycles. The number of aromatic nitrogens is 1. The number of amides is 2. The molecule has 7 nitrogen and oxygen atoms in total. The summed E-state index contributed by atoms with van der Waals surface area (Å²) >= 11 is 2.26. The standard InChI is InChI=1S/C19H21F2N3O4S2/c1-23(18-22-9-15(30-18)29-10-14(25)26)19(27)24(11-5-3-4-6-11)12-7-8-13(28-2)17(21)16(12)20/h7-9,11H,3-6,10H2,1-2H3,(H,25,26). The van der Waals surface area contributed by atoms with Crippen molar-refractivity contribution in [2.24, 2.45) is 0 Å². The van der Waals surface area contributed by atoms with Gasteiger partial charge in [0, 0.05) is 13.1 Å². The van der Waals surface area contributed by atoms with Gasteiger partial charge in [-0.05, 0) is 25.0 Å². The number of halogens is 2. The van der Waals surface area contributed by atoms with Crippen molar-refractivity contribution in [3.05, 3.63) is 30.0 Å². The maximum atomic E-state index is 14.8. The fourth-order valence-corrected chi connectivity index (χ4v) is 4.97. The van der Waals surface area contributed by atoms with Crippen molar-refractivity contribution in [3.8, 4) is 5.75 Å². The lowest BCUT2D eigenvalue weighted by molar-refractivity contribution is -0.133. The number of nitrogens with zero attached hydrogens (tertiary/aromatic N) is 3. The summed E-state index contributed by atoms with van der Waals surface area (Å²) in [5.41, 5.74) is -0.144. The van der Waals surface area contributed by atoms with E-state index in [1.54, 1.807) is 0 Å². The number of carboxylic acids is 1. The molecule has 1 aromatic heterocycles. The van der Waals surface area contributed by atoms with Crippen LogP contribution in [0, 0.1) is 11.6 Å². The van der Waals surface area contributed by atoms with Gasteiger partial charge >= 0.3 is 12.0 Å². The van der Waals surface area contributed by atoms with Crippen LogP contribution >= 0.6 is 23.1 Å². The first-order chi connectivity index (χ1) is 14.3. The van der Waals surface area contributed by atoms with Crippen LogP contribution in [0.1, 0.15) is 25.7 Å². The van der Waals surface area contributed by atoms with Crippen molar-refractivity contribution < 1.29 is 28.2 Å². The zero-order valence-corrected chi connectivity index (χ0v) is 18.1. The molecule has 1 heterocycles. The molecule has 0 bridgehead atoms. The summed E-state index contributed by atoms with van der Waals surface area (Å²) in [7, 11) is 2.75. The number of ether oxygens (including phenoxy) is 1. The van der Waals surface area contributed by atoms with Crippen LogP contribution in [-0.4, -0.2) is 48.0 Å². The van der Waals surface area contributed by atoms with Crippen LogP contribution in [0.5, 0.6) is 5.75 Å². The normalized spacial score (nSPS) is 14.0. The number of hydrogen-bond donors (Lipinski definition) is 1. The Hall–Kier alpha value is -2.40. The number of carboxylic acid groups (broad SMARTS) is 1. The quantitative estimate of drug-likeness (QED) is 0.612. The van der Waals surface area contributed by atoms with E-state index in [1.807, 2.05) is 0 Å². The van der Waals surface area contributed by atoms with Crippen LogP contribution in [0.15, 0.2) is 22.5 Å². The monoisotopic (exact) mass is 457 g/mol. The van der Waals surface area contributed by atoms with Gasteiger partial charge in [-0.15, -0.1) is 11.8 Å². The minimum absolute atomic E-state index is 0.121. The number of benzene rings is 1. The molecule has 0 spiro atoms. The van der Waals surface area contributed by atoms with E-state index in [2.05, 4.69) is 4.98 Å². The largest absolute Gasteiger partial charge is 0.494 e. The minimum Gasteiger partial charge on any atom is -0.494 e. The molecule has 0 saturated heterocycles. The van der Waals surface area contributed by atoms with E-state index in [1.165, 1.54) is 42.3 Å². The van der Waals surface area contributed by atoms with Gasteiger partial charge in [0.05, 0.1) is 29.0 Å². The van der Waals surface area contributed by atoms with Gasteiger partial charge in [-0.25, -0.2) is 14.2 Å². The fourth-order valence-electron chi connectivity index (χ4n) is 3.33. The molecule has 1 aliphatic carbocycles. The smallest absolute Gasteiger partial charge is 0.330 e. The molecule has 1 N–H and O–H groups in total. The van der Waals surface area contributed by atoms with Crippen molar-refractivity contribution >= 4 is 45.9 Å². The SMILES string of the molecule is COc1ccc(N(C(=O)N(C)c2ncc(SCC(=O)O)s2)C2CCCC2)c(F)c1F. The van der Waals surface area contributed by atoms with Crippen LogP contribution in [0.25, 0.3) is 0 Å². The highest BCUT2D eigenvalue weighted by atomic mass is 32.2. The molecule has 0 unspecified atom stereocenters. The molecular weight excluding hydrogens is 436 g/mol. The van der Waals surface area contributed by atoms with Crippen molar-refractivity contribution in [1.82, 2.24) is 4.98 Å². The van der Waals surface area contributed by atoms with Gasteiger partial charge in [0.15, 0.2) is 16.7 Å². The number of thioether (sulfide) groups is 1. The molecule has 1 fully saturated rings. The van der Waals surface area contributed by atoms with Crippen LogP contribution in [0.3, 0.4) is 0 Å². The Bertz CT molecular complexity index is 934. The first kappa shape index (κ1) is 22.3. The maximum absolute atomic E-state index is 14.8. The van der Waals surface area contributed by atoms with Crippen molar-refractivity contribution in [1.29, 1.82) is 0 Å². The second kappa shape index (κ2) is 9.61. The summed E-state index contributed by atoms with van der Waals surface area (Å²) in [6.07, 6.45) is 4.65. The Morgan fingerprint density at radius 3 is 2.63 bits per heavy atom. The van der Waals surface area contributed by atoms with Gasteiger partial charge < -0.3 is 9.84 Å². The summed E-state index contributed by atoms with van der Waals surface area (Å²) in [4.78, 5) is 30.8. The number of carbonyl (C=O) groups excluding carboxylic acids is 1. The van der Waals surface area contributed by atoms with Gasteiger partial charge in [0.1, 0.15) is 0 Å². The summed E-state index contributed by atoms with van der Waals surface area (Å²) in [5, 5.41) is 9.14. The molecule has 11 heteroatoms. The van der Waals surface area contributed by atoms with E-state index in [0.717, 1.165) is 35.9 Å². The third-order valence-corrected chi connectivity index (χ3v) is 7.04. The first-order valence-corrected chi connectivity index (χ1v) is 11.0. The van der Waals surface area contributed by atoms with Gasteiger partial charge in [-0.2, -0.15) is 4.39 Å². The van der Waals surface area contributed by atoms with Crippen molar-refractivity contribution in [2.75, 3.05) is 29.7 Å². The lowest BCUT2D eigenvalue weighted by Crippen LogP contribution is -2.47. The van der Waals surface area contributed by atoms with E-state index in [4.69, 9.17) is 9.84 Å². The van der Waals surface area contributed by atoms with Crippen LogP contribution in [0.4, 0.5) is 24.4 Å². The minimum atomic E-state index is -1.14. The number of rotatable bonds is 7. The predicted octanol–water partition coefficient (Wildman–Crippen LogP) is 4.61. The topological polar surface area (TPSA) is 83.0 Å². The second-order valence-corrected chi connectivity index (χ2v) is 8.99. The maximum Gasteiger partial charge on any atom is 0.330 e.